The smallest absolute Gasteiger partial charge is 0.203 e. The molecular formula is C16H27N3S. The van der Waals surface area contributed by atoms with Crippen LogP contribution in [0, 0.1) is 12.8 Å². The molecule has 0 atom stereocenters. The number of hydrogen-bond donors (Lipinski definition) is 1. The van der Waals surface area contributed by atoms with Crippen molar-refractivity contribution in [1.29, 1.82) is 0 Å². The molecule has 4 heteroatoms. The predicted octanol–water partition coefficient (Wildman–Crippen LogP) is 4.25. The van der Waals surface area contributed by atoms with Gasteiger partial charge < -0.3 is 9.88 Å². The third-order valence-corrected chi connectivity index (χ3v) is 5.76. The lowest BCUT2D eigenvalue weighted by molar-refractivity contribution is 0.355. The highest BCUT2D eigenvalue weighted by molar-refractivity contribution is 7.99. The van der Waals surface area contributed by atoms with Crippen LogP contribution in [0.1, 0.15) is 56.7 Å². The van der Waals surface area contributed by atoms with Gasteiger partial charge in [0.2, 0.25) is 5.95 Å². The SMILES string of the molecule is Cc1cn(C2CCCCC2)c(NCC2CCSCC2)n1. The number of hydrogen-bond acceptors (Lipinski definition) is 3. The van der Waals surface area contributed by atoms with E-state index in [0.29, 0.717) is 6.04 Å². The molecule has 1 aliphatic carbocycles. The molecule has 1 N–H and O–H groups in total. The van der Waals surface area contributed by atoms with Crippen molar-refractivity contribution in [3.05, 3.63) is 11.9 Å². The van der Waals surface area contributed by atoms with E-state index in [-0.39, 0.29) is 0 Å². The van der Waals surface area contributed by atoms with Crippen molar-refractivity contribution >= 4 is 17.7 Å². The standard InChI is InChI=1S/C16H27N3S/c1-13-12-19(15-5-3-2-4-6-15)16(18-13)17-11-14-7-9-20-10-8-14/h12,14-15H,2-11H2,1H3,(H,17,18). The molecule has 1 saturated heterocycles. The highest BCUT2D eigenvalue weighted by Crippen LogP contribution is 2.31. The molecule has 0 aromatic carbocycles. The average molecular weight is 293 g/mol. The maximum absolute atomic E-state index is 4.72. The van der Waals surface area contributed by atoms with Crippen molar-refractivity contribution in [3.63, 3.8) is 0 Å². The molecule has 0 radical (unpaired) electrons. The molecule has 3 rings (SSSR count). The summed E-state index contributed by atoms with van der Waals surface area (Å²) in [6.45, 7) is 3.21. The fourth-order valence-electron chi connectivity index (χ4n) is 3.47. The van der Waals surface area contributed by atoms with E-state index in [2.05, 4.69) is 34.8 Å². The second-order valence-corrected chi connectivity index (χ2v) is 7.57. The highest BCUT2D eigenvalue weighted by atomic mass is 32.2. The molecule has 2 fully saturated rings. The highest BCUT2D eigenvalue weighted by Gasteiger charge is 2.20. The van der Waals surface area contributed by atoms with Gasteiger partial charge >= 0.3 is 0 Å². The topological polar surface area (TPSA) is 29.9 Å². The number of imidazole rings is 1. The van der Waals surface area contributed by atoms with E-state index < -0.39 is 0 Å². The van der Waals surface area contributed by atoms with Crippen molar-refractivity contribution in [3.8, 4) is 0 Å². The van der Waals surface area contributed by atoms with Crippen LogP contribution in [0.4, 0.5) is 5.95 Å². The Morgan fingerprint density at radius 3 is 2.70 bits per heavy atom. The van der Waals surface area contributed by atoms with Crippen LogP contribution in [-0.2, 0) is 0 Å². The number of thioether (sulfide) groups is 1. The Bertz CT molecular complexity index is 417. The van der Waals surface area contributed by atoms with E-state index >= 15 is 0 Å². The summed E-state index contributed by atoms with van der Waals surface area (Å²) in [4.78, 5) is 4.72. The first-order chi connectivity index (χ1) is 9.83. The molecule has 20 heavy (non-hydrogen) atoms. The monoisotopic (exact) mass is 293 g/mol. The van der Waals surface area contributed by atoms with Gasteiger partial charge in [0.1, 0.15) is 0 Å². The van der Waals surface area contributed by atoms with Crippen molar-refractivity contribution in [2.24, 2.45) is 5.92 Å². The Balaban J connectivity index is 1.62. The van der Waals surface area contributed by atoms with Gasteiger partial charge in [0.05, 0.1) is 5.69 Å². The minimum absolute atomic E-state index is 0.675. The zero-order valence-electron chi connectivity index (χ0n) is 12.6. The van der Waals surface area contributed by atoms with Crippen LogP contribution in [-0.4, -0.2) is 27.6 Å². The molecule has 0 unspecified atom stereocenters. The summed E-state index contributed by atoms with van der Waals surface area (Å²) in [7, 11) is 0. The molecule has 112 valence electrons. The normalized spacial score (nSPS) is 22.1. The Labute approximate surface area is 126 Å². The van der Waals surface area contributed by atoms with Crippen LogP contribution >= 0.6 is 11.8 Å². The fraction of sp³-hybridized carbons (Fsp3) is 0.812. The van der Waals surface area contributed by atoms with Crippen LogP contribution in [0.5, 0.6) is 0 Å². The predicted molar refractivity (Wildman–Crippen MR) is 87.6 cm³/mol. The van der Waals surface area contributed by atoms with Gasteiger partial charge in [-0.25, -0.2) is 4.98 Å². The second-order valence-electron chi connectivity index (χ2n) is 6.34. The van der Waals surface area contributed by atoms with Gasteiger partial charge in [0.25, 0.3) is 0 Å². The third kappa shape index (κ3) is 3.51. The summed E-state index contributed by atoms with van der Waals surface area (Å²) >= 11 is 2.10. The molecule has 0 bridgehead atoms. The molecule has 3 nitrogen and oxygen atoms in total. The maximum Gasteiger partial charge on any atom is 0.203 e. The summed E-state index contributed by atoms with van der Waals surface area (Å²) in [6, 6.07) is 0.675. The lowest BCUT2D eigenvalue weighted by atomic mass is 9.95. The lowest BCUT2D eigenvalue weighted by Gasteiger charge is -2.26. The number of nitrogens with zero attached hydrogens (tertiary/aromatic N) is 2. The molecule has 1 saturated carbocycles. The Morgan fingerprint density at radius 2 is 1.95 bits per heavy atom. The van der Waals surface area contributed by atoms with E-state index in [9.17, 15) is 0 Å². The molecule has 1 aromatic heterocycles. The van der Waals surface area contributed by atoms with Crippen molar-refractivity contribution in [1.82, 2.24) is 9.55 Å². The van der Waals surface area contributed by atoms with Crippen LogP contribution in [0.15, 0.2) is 6.20 Å². The molecule has 1 aromatic rings. The molecule has 0 amide bonds. The number of aryl methyl sites for hydroxylation is 1. The third-order valence-electron chi connectivity index (χ3n) is 4.71. The second kappa shape index (κ2) is 6.88. The van der Waals surface area contributed by atoms with Crippen molar-refractivity contribution < 1.29 is 0 Å². The molecular weight excluding hydrogens is 266 g/mol. The minimum atomic E-state index is 0.675. The number of nitrogens with one attached hydrogen (secondary N) is 1. The summed E-state index contributed by atoms with van der Waals surface area (Å²) < 4.78 is 2.42. The van der Waals surface area contributed by atoms with Crippen LogP contribution in [0.3, 0.4) is 0 Å². The first-order valence-corrected chi connectivity index (χ1v) is 9.35. The van der Waals surface area contributed by atoms with Gasteiger partial charge in [-0.05, 0) is 50.0 Å². The van der Waals surface area contributed by atoms with Crippen molar-refractivity contribution in [2.45, 2.75) is 57.9 Å². The van der Waals surface area contributed by atoms with Crippen LogP contribution in [0.2, 0.25) is 0 Å². The molecule has 1 aliphatic heterocycles. The number of aromatic nitrogens is 2. The van der Waals surface area contributed by atoms with Gasteiger partial charge in [-0.3, -0.25) is 0 Å². The zero-order valence-corrected chi connectivity index (χ0v) is 13.4. The molecule has 0 spiro atoms. The van der Waals surface area contributed by atoms with Gasteiger partial charge in [0.15, 0.2) is 0 Å². The largest absolute Gasteiger partial charge is 0.355 e. The van der Waals surface area contributed by atoms with Gasteiger partial charge in [-0.1, -0.05) is 19.3 Å². The summed E-state index contributed by atoms with van der Waals surface area (Å²) in [6.07, 6.45) is 11.8. The van der Waals surface area contributed by atoms with E-state index in [1.165, 1.54) is 56.5 Å². The van der Waals surface area contributed by atoms with E-state index in [1.807, 2.05) is 0 Å². The average Bonchev–Trinajstić information content (AvgIpc) is 2.88. The quantitative estimate of drug-likeness (QED) is 0.900. The summed E-state index contributed by atoms with van der Waals surface area (Å²) in [5.74, 6) is 4.63. The van der Waals surface area contributed by atoms with E-state index in [1.54, 1.807) is 0 Å². The number of rotatable bonds is 4. The Morgan fingerprint density at radius 1 is 1.20 bits per heavy atom. The first-order valence-electron chi connectivity index (χ1n) is 8.20. The van der Waals surface area contributed by atoms with Crippen molar-refractivity contribution in [2.75, 3.05) is 23.4 Å². The molecule has 2 aliphatic rings. The van der Waals surface area contributed by atoms with Gasteiger partial charge in [0, 0.05) is 18.8 Å². The zero-order chi connectivity index (χ0) is 13.8. The van der Waals surface area contributed by atoms with E-state index in [4.69, 9.17) is 4.98 Å². The van der Waals surface area contributed by atoms with Gasteiger partial charge in [-0.2, -0.15) is 11.8 Å². The molecule has 2 heterocycles. The van der Waals surface area contributed by atoms with E-state index in [0.717, 1.165) is 24.1 Å². The maximum atomic E-state index is 4.72. The number of anilines is 1. The first kappa shape index (κ1) is 14.3. The van der Waals surface area contributed by atoms with Gasteiger partial charge in [-0.15, -0.1) is 0 Å². The minimum Gasteiger partial charge on any atom is -0.355 e. The van der Waals surface area contributed by atoms with Crippen LogP contribution in [0.25, 0.3) is 0 Å². The fourth-order valence-corrected chi connectivity index (χ4v) is 4.67. The summed E-state index contributed by atoms with van der Waals surface area (Å²) in [5, 5.41) is 3.64. The Kier molecular flexibility index (Phi) is 4.92. The Hall–Kier alpha value is -0.640. The summed E-state index contributed by atoms with van der Waals surface area (Å²) in [5.41, 5.74) is 1.15. The lowest BCUT2D eigenvalue weighted by Crippen LogP contribution is -2.22. The van der Waals surface area contributed by atoms with Crippen LogP contribution < -0.4 is 5.32 Å².